The third-order valence-electron chi connectivity index (χ3n) is 4.21. The fraction of sp³-hybridized carbons (Fsp3) is 0.353. The van der Waals surface area contributed by atoms with Crippen molar-refractivity contribution in [3.63, 3.8) is 0 Å². The predicted molar refractivity (Wildman–Crippen MR) is 94.5 cm³/mol. The second kappa shape index (κ2) is 6.49. The van der Waals surface area contributed by atoms with Crippen LogP contribution in [0.25, 0.3) is 11.5 Å². The van der Waals surface area contributed by atoms with Gasteiger partial charge in [-0.25, -0.2) is 0 Å². The zero-order chi connectivity index (χ0) is 16.5. The van der Waals surface area contributed by atoms with E-state index in [4.69, 9.17) is 4.42 Å². The molecule has 1 aliphatic heterocycles. The lowest BCUT2D eigenvalue weighted by atomic mass is 9.98. The Bertz CT molecular complexity index is 838. The van der Waals surface area contributed by atoms with Crippen molar-refractivity contribution < 1.29 is 9.21 Å². The average molecular weight is 359 g/mol. The molecule has 0 unspecified atom stereocenters. The van der Waals surface area contributed by atoms with Crippen LogP contribution in [0.3, 0.4) is 0 Å². The molecule has 124 valence electrons. The number of hydrogen-bond donors (Lipinski definition) is 0. The number of amides is 1. The van der Waals surface area contributed by atoms with Crippen LogP contribution in [-0.2, 0) is 0 Å². The highest BCUT2D eigenvalue weighted by molar-refractivity contribution is 7.12. The van der Waals surface area contributed by atoms with Crippen molar-refractivity contribution in [3.8, 4) is 11.5 Å². The number of nitrogens with zero attached hydrogens (tertiary/aromatic N) is 3. The van der Waals surface area contributed by atoms with Crippen LogP contribution in [0.2, 0.25) is 0 Å². The van der Waals surface area contributed by atoms with Crippen molar-refractivity contribution >= 4 is 28.6 Å². The first-order valence-corrected chi connectivity index (χ1v) is 9.73. The van der Waals surface area contributed by atoms with Gasteiger partial charge in [-0.3, -0.25) is 4.79 Å². The van der Waals surface area contributed by atoms with Gasteiger partial charge in [-0.2, -0.15) is 11.3 Å². The van der Waals surface area contributed by atoms with Crippen molar-refractivity contribution in [1.29, 1.82) is 0 Å². The number of aryl methyl sites for hydroxylation is 1. The van der Waals surface area contributed by atoms with E-state index >= 15 is 0 Å². The monoisotopic (exact) mass is 359 g/mol. The zero-order valence-electron chi connectivity index (χ0n) is 13.3. The van der Waals surface area contributed by atoms with Gasteiger partial charge in [0.2, 0.25) is 11.8 Å². The molecular weight excluding hydrogens is 342 g/mol. The predicted octanol–water partition coefficient (Wildman–Crippen LogP) is 4.19. The van der Waals surface area contributed by atoms with E-state index in [1.807, 2.05) is 40.1 Å². The fourth-order valence-corrected chi connectivity index (χ4v) is 4.46. The lowest BCUT2D eigenvalue weighted by Gasteiger charge is -2.30. The maximum atomic E-state index is 12.7. The molecule has 5 nitrogen and oxygen atoms in total. The molecule has 0 spiro atoms. The number of hydrogen-bond acceptors (Lipinski definition) is 6. The minimum atomic E-state index is 0.107. The van der Waals surface area contributed by atoms with Gasteiger partial charge in [0.25, 0.3) is 5.91 Å². The first kappa shape index (κ1) is 15.5. The molecule has 0 aromatic carbocycles. The average Bonchev–Trinajstić information content (AvgIpc) is 3.35. The summed E-state index contributed by atoms with van der Waals surface area (Å²) >= 11 is 3.11. The lowest BCUT2D eigenvalue weighted by molar-refractivity contribution is 0.0703. The van der Waals surface area contributed by atoms with Gasteiger partial charge in [-0.15, -0.1) is 21.5 Å². The number of rotatable bonds is 3. The van der Waals surface area contributed by atoms with Crippen LogP contribution in [0.5, 0.6) is 0 Å². The largest absolute Gasteiger partial charge is 0.420 e. The van der Waals surface area contributed by atoms with Crippen LogP contribution >= 0.6 is 22.7 Å². The van der Waals surface area contributed by atoms with Crippen LogP contribution < -0.4 is 0 Å². The molecule has 0 N–H and O–H groups in total. The molecule has 1 amide bonds. The maximum Gasteiger partial charge on any atom is 0.263 e. The zero-order valence-corrected chi connectivity index (χ0v) is 14.9. The van der Waals surface area contributed by atoms with E-state index in [2.05, 4.69) is 10.2 Å². The normalized spacial score (nSPS) is 18.0. The van der Waals surface area contributed by atoms with Crippen molar-refractivity contribution in [1.82, 2.24) is 15.1 Å². The molecule has 7 heteroatoms. The van der Waals surface area contributed by atoms with Crippen LogP contribution in [0, 0.1) is 6.92 Å². The Labute approximate surface area is 147 Å². The summed E-state index contributed by atoms with van der Waals surface area (Å²) in [6.07, 6.45) is 1.93. The number of aromatic nitrogens is 2. The van der Waals surface area contributed by atoms with Crippen LogP contribution in [0.1, 0.15) is 39.9 Å². The first-order chi connectivity index (χ1) is 11.7. The Balaban J connectivity index is 1.50. The summed E-state index contributed by atoms with van der Waals surface area (Å²) in [6, 6.07) is 3.93. The van der Waals surface area contributed by atoms with E-state index in [0.29, 0.717) is 18.3 Å². The van der Waals surface area contributed by atoms with Crippen LogP contribution in [-0.4, -0.2) is 34.1 Å². The third kappa shape index (κ3) is 3.01. The molecule has 1 saturated heterocycles. The Morgan fingerprint density at radius 3 is 3.04 bits per heavy atom. The maximum absolute atomic E-state index is 12.7. The molecule has 1 fully saturated rings. The highest BCUT2D eigenvalue weighted by Crippen LogP contribution is 2.30. The first-order valence-electron chi connectivity index (χ1n) is 7.91. The number of carbonyl (C=O) groups is 1. The fourth-order valence-electron chi connectivity index (χ4n) is 2.96. The minimum absolute atomic E-state index is 0.107. The summed E-state index contributed by atoms with van der Waals surface area (Å²) in [7, 11) is 0. The summed E-state index contributed by atoms with van der Waals surface area (Å²) < 4.78 is 5.85. The van der Waals surface area contributed by atoms with E-state index < -0.39 is 0 Å². The van der Waals surface area contributed by atoms with Gasteiger partial charge in [-0.05, 0) is 48.2 Å². The van der Waals surface area contributed by atoms with Gasteiger partial charge >= 0.3 is 0 Å². The molecule has 1 atom stereocenters. The summed E-state index contributed by atoms with van der Waals surface area (Å²) in [5.41, 5.74) is 2.09. The van der Waals surface area contributed by atoms with Gasteiger partial charge in [-0.1, -0.05) is 0 Å². The van der Waals surface area contributed by atoms with E-state index in [-0.39, 0.29) is 11.8 Å². The standard InChI is InChI=1S/C17H17N3O2S2/c1-11-7-14(24-9-11)17(21)20-5-2-3-12(8-20)15-18-19-16(22-15)13-4-6-23-10-13/h4,6-7,9-10,12H,2-3,5,8H2,1H3/t12-/m0/s1. The molecule has 0 saturated carbocycles. The second-order valence-electron chi connectivity index (χ2n) is 6.04. The molecule has 4 heterocycles. The summed E-state index contributed by atoms with van der Waals surface area (Å²) in [6.45, 7) is 3.44. The van der Waals surface area contributed by atoms with E-state index in [9.17, 15) is 4.79 Å². The highest BCUT2D eigenvalue weighted by atomic mass is 32.1. The molecule has 4 rings (SSSR count). The molecular formula is C17H17N3O2S2. The summed E-state index contributed by atoms with van der Waals surface area (Å²) in [4.78, 5) is 15.4. The molecule has 0 radical (unpaired) electrons. The number of likely N-dealkylation sites (tertiary alicyclic amines) is 1. The molecule has 0 aliphatic carbocycles. The number of piperidine rings is 1. The number of carbonyl (C=O) groups excluding carboxylic acids is 1. The minimum Gasteiger partial charge on any atom is -0.420 e. The van der Waals surface area contributed by atoms with Gasteiger partial charge in [0.05, 0.1) is 10.8 Å². The van der Waals surface area contributed by atoms with Crippen LogP contribution in [0.15, 0.2) is 32.7 Å². The van der Waals surface area contributed by atoms with Gasteiger partial charge in [0.15, 0.2) is 0 Å². The second-order valence-corrected chi connectivity index (χ2v) is 7.73. The van der Waals surface area contributed by atoms with Crippen molar-refractivity contribution in [2.24, 2.45) is 0 Å². The van der Waals surface area contributed by atoms with Crippen LogP contribution in [0.4, 0.5) is 0 Å². The lowest BCUT2D eigenvalue weighted by Crippen LogP contribution is -2.38. The molecule has 3 aromatic rings. The number of thiophene rings is 2. The molecule has 1 aliphatic rings. The van der Waals surface area contributed by atoms with Gasteiger partial charge < -0.3 is 9.32 Å². The molecule has 24 heavy (non-hydrogen) atoms. The van der Waals surface area contributed by atoms with E-state index in [1.165, 1.54) is 11.3 Å². The Morgan fingerprint density at radius 1 is 1.38 bits per heavy atom. The third-order valence-corrected chi connectivity index (χ3v) is 5.93. The van der Waals surface area contributed by atoms with Gasteiger partial charge in [0, 0.05) is 24.0 Å². The molecule has 0 bridgehead atoms. The topological polar surface area (TPSA) is 59.2 Å². The summed E-state index contributed by atoms with van der Waals surface area (Å²) in [5.74, 6) is 1.42. The highest BCUT2D eigenvalue weighted by Gasteiger charge is 2.29. The Morgan fingerprint density at radius 2 is 2.29 bits per heavy atom. The Kier molecular flexibility index (Phi) is 4.20. The Hall–Kier alpha value is -1.99. The SMILES string of the molecule is Cc1csc(C(=O)N2CCC[C@H](c3nnc(-c4ccsc4)o3)C2)c1. The van der Waals surface area contributed by atoms with Gasteiger partial charge in [0.1, 0.15) is 0 Å². The van der Waals surface area contributed by atoms with Crippen molar-refractivity contribution in [2.75, 3.05) is 13.1 Å². The van der Waals surface area contributed by atoms with Crippen molar-refractivity contribution in [2.45, 2.75) is 25.7 Å². The van der Waals surface area contributed by atoms with E-state index in [1.54, 1.807) is 11.3 Å². The van der Waals surface area contributed by atoms with Crippen molar-refractivity contribution in [3.05, 3.63) is 44.6 Å². The quantitative estimate of drug-likeness (QED) is 0.704. The molecule has 3 aromatic heterocycles. The smallest absolute Gasteiger partial charge is 0.263 e. The summed E-state index contributed by atoms with van der Waals surface area (Å²) in [5, 5.41) is 14.4. The van der Waals surface area contributed by atoms with E-state index in [0.717, 1.165) is 35.4 Å².